The molecule has 1 aromatic heterocycles. The van der Waals surface area contributed by atoms with Gasteiger partial charge in [-0.05, 0) is 38.3 Å². The van der Waals surface area contributed by atoms with Crippen molar-refractivity contribution in [1.29, 1.82) is 0 Å². The lowest BCUT2D eigenvalue weighted by Gasteiger charge is -2.14. The third-order valence-corrected chi connectivity index (χ3v) is 4.98. The molecule has 0 saturated carbocycles. The van der Waals surface area contributed by atoms with Gasteiger partial charge in [0.2, 0.25) is 0 Å². The summed E-state index contributed by atoms with van der Waals surface area (Å²) < 4.78 is 13.3. The van der Waals surface area contributed by atoms with Gasteiger partial charge in [0.1, 0.15) is 0 Å². The van der Waals surface area contributed by atoms with E-state index in [9.17, 15) is 4.79 Å². The van der Waals surface area contributed by atoms with E-state index in [1.54, 1.807) is 6.21 Å². The first-order chi connectivity index (χ1) is 13.1. The summed E-state index contributed by atoms with van der Waals surface area (Å²) >= 11 is 0. The molecule has 1 N–H and O–H groups in total. The van der Waals surface area contributed by atoms with Crippen LogP contribution in [0.3, 0.4) is 0 Å². The number of hydrogen-bond acceptors (Lipinski definition) is 4. The molecule has 0 aliphatic carbocycles. The van der Waals surface area contributed by atoms with Crippen LogP contribution >= 0.6 is 0 Å². The van der Waals surface area contributed by atoms with Crippen LogP contribution in [0.15, 0.2) is 41.5 Å². The largest absolute Gasteiger partial charge is 0.376 e. The maximum atomic E-state index is 12.4. The van der Waals surface area contributed by atoms with Crippen molar-refractivity contribution in [2.45, 2.75) is 45.4 Å². The number of aryl methyl sites for hydroxylation is 1. The van der Waals surface area contributed by atoms with Gasteiger partial charge in [-0.3, -0.25) is 4.79 Å². The smallest absolute Gasteiger partial charge is 0.273 e. The number of amides is 1. The van der Waals surface area contributed by atoms with Crippen molar-refractivity contribution in [3.05, 3.63) is 58.9 Å². The Kier molecular flexibility index (Phi) is 6.42. The Hall–Kier alpha value is -2.44. The fourth-order valence-corrected chi connectivity index (χ4v) is 3.48. The molecule has 1 aromatic carbocycles. The Morgan fingerprint density at radius 1 is 1.41 bits per heavy atom. The number of nitrogens with zero attached hydrogens (tertiary/aromatic N) is 2. The number of hydrogen-bond donors (Lipinski definition) is 1. The highest BCUT2D eigenvalue weighted by Crippen LogP contribution is 2.20. The van der Waals surface area contributed by atoms with Gasteiger partial charge in [0.15, 0.2) is 6.10 Å². The first-order valence-electron chi connectivity index (χ1n) is 9.29. The molecule has 144 valence electrons. The van der Waals surface area contributed by atoms with Gasteiger partial charge in [-0.2, -0.15) is 5.10 Å². The van der Waals surface area contributed by atoms with Crippen molar-refractivity contribution in [3.8, 4) is 0 Å². The van der Waals surface area contributed by atoms with Crippen LogP contribution in [0.1, 0.15) is 41.5 Å². The van der Waals surface area contributed by atoms with Gasteiger partial charge < -0.3 is 14.0 Å². The summed E-state index contributed by atoms with van der Waals surface area (Å²) in [6, 6.07) is 11.4. The van der Waals surface area contributed by atoms with E-state index in [0.717, 1.165) is 48.5 Å². The van der Waals surface area contributed by atoms with Crippen LogP contribution in [0.2, 0.25) is 0 Å². The SMILES string of the molecule is CO[C@@H](C(=O)N/N=C\c1cc(C)n(C[C@H]2CCCO2)c1C)c1ccccc1. The van der Waals surface area contributed by atoms with Gasteiger partial charge in [0.25, 0.3) is 5.91 Å². The average Bonchev–Trinajstić information content (AvgIpc) is 3.27. The Bertz CT molecular complexity index is 793. The van der Waals surface area contributed by atoms with Gasteiger partial charge in [-0.25, -0.2) is 5.43 Å². The molecule has 0 spiro atoms. The van der Waals surface area contributed by atoms with Crippen LogP contribution in [-0.2, 0) is 20.8 Å². The lowest BCUT2D eigenvalue weighted by atomic mass is 10.1. The Balaban J connectivity index is 1.64. The highest BCUT2D eigenvalue weighted by Gasteiger charge is 2.20. The number of ether oxygens (including phenoxy) is 2. The molecule has 1 fully saturated rings. The molecular formula is C21H27N3O3. The minimum atomic E-state index is -0.685. The molecule has 3 rings (SSSR count). The molecule has 1 saturated heterocycles. The predicted molar refractivity (Wildman–Crippen MR) is 105 cm³/mol. The number of carbonyl (C=O) groups is 1. The summed E-state index contributed by atoms with van der Waals surface area (Å²) in [6.45, 7) is 5.85. The molecule has 0 radical (unpaired) electrons. The lowest BCUT2D eigenvalue weighted by molar-refractivity contribution is -0.131. The van der Waals surface area contributed by atoms with E-state index in [4.69, 9.17) is 9.47 Å². The van der Waals surface area contributed by atoms with Crippen molar-refractivity contribution in [3.63, 3.8) is 0 Å². The quantitative estimate of drug-likeness (QED) is 0.602. The second-order valence-corrected chi connectivity index (χ2v) is 6.83. The summed E-state index contributed by atoms with van der Waals surface area (Å²) in [6.07, 6.45) is 3.52. The van der Waals surface area contributed by atoms with E-state index in [2.05, 4.69) is 35.0 Å². The maximum Gasteiger partial charge on any atom is 0.273 e. The Morgan fingerprint density at radius 2 is 2.19 bits per heavy atom. The molecule has 27 heavy (non-hydrogen) atoms. The molecular weight excluding hydrogens is 342 g/mol. The molecule has 6 nitrogen and oxygen atoms in total. The number of methoxy groups -OCH3 is 1. The van der Waals surface area contributed by atoms with Crippen LogP contribution in [-0.4, -0.2) is 36.5 Å². The third kappa shape index (κ3) is 4.64. The van der Waals surface area contributed by atoms with Gasteiger partial charge in [0, 0.05) is 37.2 Å². The predicted octanol–water partition coefficient (Wildman–Crippen LogP) is 3.12. The summed E-state index contributed by atoms with van der Waals surface area (Å²) in [5.74, 6) is -0.298. The van der Waals surface area contributed by atoms with Crippen molar-refractivity contribution in [2.75, 3.05) is 13.7 Å². The van der Waals surface area contributed by atoms with E-state index < -0.39 is 6.10 Å². The number of aromatic nitrogens is 1. The lowest BCUT2D eigenvalue weighted by Crippen LogP contribution is -2.26. The zero-order valence-electron chi connectivity index (χ0n) is 16.1. The minimum absolute atomic E-state index is 0.285. The molecule has 2 aromatic rings. The zero-order chi connectivity index (χ0) is 19.2. The first kappa shape index (κ1) is 19.3. The first-order valence-corrected chi connectivity index (χ1v) is 9.29. The number of benzene rings is 1. The fraction of sp³-hybridized carbons (Fsp3) is 0.429. The van der Waals surface area contributed by atoms with Crippen LogP contribution in [0, 0.1) is 13.8 Å². The van der Waals surface area contributed by atoms with Crippen LogP contribution in [0.25, 0.3) is 0 Å². The molecule has 0 unspecified atom stereocenters. The van der Waals surface area contributed by atoms with Crippen molar-refractivity contribution in [2.24, 2.45) is 5.10 Å². The van der Waals surface area contributed by atoms with Crippen LogP contribution in [0.5, 0.6) is 0 Å². The summed E-state index contributed by atoms with van der Waals surface area (Å²) in [7, 11) is 1.51. The van der Waals surface area contributed by atoms with Crippen molar-refractivity contribution in [1.82, 2.24) is 9.99 Å². The fourth-order valence-electron chi connectivity index (χ4n) is 3.48. The van der Waals surface area contributed by atoms with E-state index in [1.807, 2.05) is 30.3 Å². The summed E-state index contributed by atoms with van der Waals surface area (Å²) in [5, 5.41) is 4.13. The van der Waals surface area contributed by atoms with E-state index in [-0.39, 0.29) is 12.0 Å². The van der Waals surface area contributed by atoms with E-state index in [0.29, 0.717) is 0 Å². The van der Waals surface area contributed by atoms with Gasteiger partial charge in [-0.15, -0.1) is 0 Å². The van der Waals surface area contributed by atoms with Crippen molar-refractivity contribution < 1.29 is 14.3 Å². The normalized spacial score (nSPS) is 18.1. The monoisotopic (exact) mass is 369 g/mol. The number of rotatable bonds is 7. The number of hydrazone groups is 1. The highest BCUT2D eigenvalue weighted by atomic mass is 16.5. The molecule has 1 aliphatic rings. The minimum Gasteiger partial charge on any atom is -0.376 e. The Morgan fingerprint density at radius 3 is 2.85 bits per heavy atom. The number of nitrogens with one attached hydrogen (secondary N) is 1. The zero-order valence-corrected chi connectivity index (χ0v) is 16.1. The Labute approximate surface area is 160 Å². The van der Waals surface area contributed by atoms with Gasteiger partial charge >= 0.3 is 0 Å². The second-order valence-electron chi connectivity index (χ2n) is 6.83. The molecule has 2 heterocycles. The topological polar surface area (TPSA) is 64.8 Å². The third-order valence-electron chi connectivity index (χ3n) is 4.98. The van der Waals surface area contributed by atoms with Crippen LogP contribution in [0.4, 0.5) is 0 Å². The van der Waals surface area contributed by atoms with Crippen LogP contribution < -0.4 is 5.43 Å². The molecule has 1 aliphatic heterocycles. The van der Waals surface area contributed by atoms with E-state index in [1.165, 1.54) is 7.11 Å². The molecule has 6 heteroatoms. The van der Waals surface area contributed by atoms with Crippen molar-refractivity contribution >= 4 is 12.1 Å². The molecule has 0 bridgehead atoms. The van der Waals surface area contributed by atoms with E-state index >= 15 is 0 Å². The van der Waals surface area contributed by atoms with Gasteiger partial charge in [0.05, 0.1) is 12.3 Å². The molecule has 2 atom stereocenters. The maximum absolute atomic E-state index is 12.4. The summed E-state index contributed by atoms with van der Waals surface area (Å²) in [5.41, 5.74) is 6.64. The molecule has 1 amide bonds. The highest BCUT2D eigenvalue weighted by molar-refractivity contribution is 5.86. The average molecular weight is 369 g/mol. The number of carbonyl (C=O) groups excluding carboxylic acids is 1. The summed E-state index contributed by atoms with van der Waals surface area (Å²) in [4.78, 5) is 12.4. The second kappa shape index (κ2) is 8.97. The standard InChI is InChI=1S/C21H27N3O3/c1-15-12-18(16(2)24(15)14-19-10-7-11-27-19)13-22-23-21(25)20(26-3)17-8-5-4-6-9-17/h4-6,8-9,12-13,19-20H,7,10-11,14H2,1-3H3,(H,23,25)/b22-13-/t19-,20-/m1/s1. The van der Waals surface area contributed by atoms with Gasteiger partial charge in [-0.1, -0.05) is 30.3 Å².